The fraction of sp³-hybridized carbons (Fsp3) is 0.130. The van der Waals surface area contributed by atoms with Crippen LogP contribution in [-0.2, 0) is 16.6 Å². The summed E-state index contributed by atoms with van der Waals surface area (Å²) in [6.45, 7) is 2.27. The molecule has 3 rings (SSSR count). The van der Waals surface area contributed by atoms with Crippen molar-refractivity contribution in [2.24, 2.45) is 0 Å². The molecule has 0 aliphatic rings. The van der Waals surface area contributed by atoms with Crippen LogP contribution in [0.25, 0.3) is 0 Å². The summed E-state index contributed by atoms with van der Waals surface area (Å²) in [4.78, 5) is 12.6. The molecule has 0 atom stereocenters. The fourth-order valence-electron chi connectivity index (χ4n) is 2.82. The number of nitrogens with one attached hydrogen (secondary N) is 2. The molecule has 8 heteroatoms. The smallest absolute Gasteiger partial charge is 0.255 e. The van der Waals surface area contributed by atoms with Gasteiger partial charge in [0.2, 0.25) is 10.0 Å². The van der Waals surface area contributed by atoms with E-state index in [0.29, 0.717) is 22.6 Å². The summed E-state index contributed by atoms with van der Waals surface area (Å²) >= 11 is 0. The molecule has 0 saturated carbocycles. The molecule has 0 spiro atoms. The van der Waals surface area contributed by atoms with Crippen LogP contribution in [-0.4, -0.2) is 20.9 Å². The van der Waals surface area contributed by atoms with Gasteiger partial charge in [-0.05, 0) is 54.1 Å². The van der Waals surface area contributed by atoms with Gasteiger partial charge in [-0.25, -0.2) is 13.1 Å². The maximum atomic E-state index is 12.5. The van der Waals surface area contributed by atoms with Gasteiger partial charge in [0.1, 0.15) is 12.4 Å². The van der Waals surface area contributed by atoms with Crippen LogP contribution in [0.2, 0.25) is 0 Å². The van der Waals surface area contributed by atoms with Gasteiger partial charge >= 0.3 is 0 Å². The van der Waals surface area contributed by atoms with Crippen molar-refractivity contribution in [1.29, 1.82) is 5.26 Å². The van der Waals surface area contributed by atoms with Gasteiger partial charge in [-0.2, -0.15) is 5.26 Å². The third-order valence-corrected chi connectivity index (χ3v) is 5.88. The number of amides is 1. The van der Waals surface area contributed by atoms with Crippen molar-refractivity contribution in [3.8, 4) is 11.8 Å². The molecule has 2 N–H and O–H groups in total. The Hall–Kier alpha value is -3.67. The van der Waals surface area contributed by atoms with Gasteiger partial charge in [-0.15, -0.1) is 0 Å². The molecule has 0 heterocycles. The monoisotopic (exact) mass is 435 g/mol. The van der Waals surface area contributed by atoms with E-state index in [4.69, 9.17) is 10.00 Å². The predicted octanol–water partition coefficient (Wildman–Crippen LogP) is 3.69. The first kappa shape index (κ1) is 22.0. The van der Waals surface area contributed by atoms with E-state index in [-0.39, 0.29) is 24.0 Å². The van der Waals surface area contributed by atoms with Crippen LogP contribution in [0.4, 0.5) is 5.69 Å². The topological polar surface area (TPSA) is 108 Å². The molecular weight excluding hydrogens is 414 g/mol. The van der Waals surface area contributed by atoms with E-state index < -0.39 is 10.0 Å². The van der Waals surface area contributed by atoms with E-state index in [2.05, 4.69) is 16.1 Å². The van der Waals surface area contributed by atoms with Crippen LogP contribution >= 0.6 is 0 Å². The lowest BCUT2D eigenvalue weighted by molar-refractivity contribution is 0.102. The number of hydrogen-bond acceptors (Lipinski definition) is 5. The van der Waals surface area contributed by atoms with Crippen molar-refractivity contribution < 1.29 is 17.9 Å². The lowest BCUT2D eigenvalue weighted by atomic mass is 10.1. The van der Waals surface area contributed by atoms with Gasteiger partial charge in [0.05, 0.1) is 16.5 Å². The van der Waals surface area contributed by atoms with Crippen molar-refractivity contribution in [2.75, 3.05) is 11.9 Å². The lowest BCUT2D eigenvalue weighted by Gasteiger charge is -2.10. The highest BCUT2D eigenvalue weighted by molar-refractivity contribution is 7.89. The molecule has 0 aromatic heterocycles. The Labute approximate surface area is 181 Å². The lowest BCUT2D eigenvalue weighted by Crippen LogP contribution is -2.23. The van der Waals surface area contributed by atoms with E-state index in [1.807, 2.05) is 6.07 Å². The molecule has 31 heavy (non-hydrogen) atoms. The van der Waals surface area contributed by atoms with Gasteiger partial charge < -0.3 is 10.1 Å². The number of benzene rings is 3. The second-order valence-electron chi connectivity index (χ2n) is 6.61. The number of hydrogen-bond donors (Lipinski definition) is 2. The highest BCUT2D eigenvalue weighted by Gasteiger charge is 2.14. The second kappa shape index (κ2) is 9.89. The minimum atomic E-state index is -3.57. The van der Waals surface area contributed by atoms with Crippen molar-refractivity contribution >= 4 is 21.6 Å². The van der Waals surface area contributed by atoms with E-state index >= 15 is 0 Å². The zero-order chi connectivity index (χ0) is 22.3. The summed E-state index contributed by atoms with van der Waals surface area (Å²) in [5.41, 5.74) is 2.29. The van der Waals surface area contributed by atoms with Crippen LogP contribution in [0.1, 0.15) is 28.4 Å². The van der Waals surface area contributed by atoms with Crippen LogP contribution in [0.3, 0.4) is 0 Å². The molecule has 1 amide bonds. The molecule has 0 fully saturated rings. The minimum Gasteiger partial charge on any atom is -0.489 e. The number of sulfonamides is 1. The molecule has 0 unspecified atom stereocenters. The largest absolute Gasteiger partial charge is 0.489 e. The van der Waals surface area contributed by atoms with Gasteiger partial charge in [0, 0.05) is 23.9 Å². The summed E-state index contributed by atoms with van der Waals surface area (Å²) in [5, 5.41) is 11.7. The Bertz CT molecular complexity index is 1220. The number of carbonyl (C=O) groups is 1. The summed E-state index contributed by atoms with van der Waals surface area (Å²) in [6, 6.07) is 21.9. The zero-order valence-corrected chi connectivity index (χ0v) is 17.6. The molecule has 7 nitrogen and oxygen atoms in total. The Morgan fingerprint density at radius 2 is 1.77 bits per heavy atom. The quantitative estimate of drug-likeness (QED) is 0.561. The second-order valence-corrected chi connectivity index (χ2v) is 8.38. The molecule has 0 aliphatic carbocycles. The molecule has 0 saturated heterocycles. The van der Waals surface area contributed by atoms with Crippen molar-refractivity contribution in [2.45, 2.75) is 18.4 Å². The highest BCUT2D eigenvalue weighted by Crippen LogP contribution is 2.20. The summed E-state index contributed by atoms with van der Waals surface area (Å²) < 4.78 is 32.2. The zero-order valence-electron chi connectivity index (χ0n) is 16.8. The predicted molar refractivity (Wildman–Crippen MR) is 117 cm³/mol. The third kappa shape index (κ3) is 5.92. The molecule has 0 aliphatic heterocycles. The van der Waals surface area contributed by atoms with Crippen LogP contribution in [0.15, 0.2) is 77.7 Å². The summed E-state index contributed by atoms with van der Waals surface area (Å²) in [7, 11) is -3.57. The first-order valence-electron chi connectivity index (χ1n) is 9.54. The fourth-order valence-corrected chi connectivity index (χ4v) is 3.86. The van der Waals surface area contributed by atoms with Gasteiger partial charge in [0.25, 0.3) is 5.91 Å². The minimum absolute atomic E-state index is 0.0989. The number of ether oxygens (including phenoxy) is 1. The molecule has 0 bridgehead atoms. The average Bonchev–Trinajstić information content (AvgIpc) is 2.78. The van der Waals surface area contributed by atoms with Gasteiger partial charge in [-0.3, -0.25) is 4.79 Å². The van der Waals surface area contributed by atoms with E-state index in [0.717, 1.165) is 5.56 Å². The van der Waals surface area contributed by atoms with Crippen LogP contribution in [0.5, 0.6) is 5.75 Å². The Morgan fingerprint density at radius 1 is 1.03 bits per heavy atom. The Morgan fingerprint density at radius 3 is 2.48 bits per heavy atom. The first-order valence-corrected chi connectivity index (χ1v) is 11.0. The van der Waals surface area contributed by atoms with Crippen molar-refractivity contribution in [3.63, 3.8) is 0 Å². The normalized spacial score (nSPS) is 10.8. The SMILES string of the molecule is CCNS(=O)(=O)c1ccc(C(=O)Nc2cccc(OCc3cccc(C#N)c3)c2)cc1. The van der Waals surface area contributed by atoms with E-state index in [1.165, 1.54) is 24.3 Å². The number of nitriles is 1. The maximum absolute atomic E-state index is 12.5. The molecule has 158 valence electrons. The molecule has 3 aromatic rings. The first-order chi connectivity index (χ1) is 14.9. The van der Waals surface area contributed by atoms with Crippen LogP contribution in [0, 0.1) is 11.3 Å². The third-order valence-electron chi connectivity index (χ3n) is 4.31. The number of nitrogens with zero attached hydrogens (tertiary/aromatic N) is 1. The molecule has 0 radical (unpaired) electrons. The number of anilines is 1. The van der Waals surface area contributed by atoms with E-state index in [1.54, 1.807) is 49.4 Å². The number of carbonyl (C=O) groups excluding carboxylic acids is 1. The van der Waals surface area contributed by atoms with Gasteiger partial charge in [0.15, 0.2) is 0 Å². The van der Waals surface area contributed by atoms with Crippen molar-refractivity contribution in [1.82, 2.24) is 4.72 Å². The van der Waals surface area contributed by atoms with E-state index in [9.17, 15) is 13.2 Å². The Balaban J connectivity index is 1.65. The summed E-state index contributed by atoms with van der Waals surface area (Å²) in [6.07, 6.45) is 0. The Kier molecular flexibility index (Phi) is 7.03. The van der Waals surface area contributed by atoms with Crippen LogP contribution < -0.4 is 14.8 Å². The highest BCUT2D eigenvalue weighted by atomic mass is 32.2. The average molecular weight is 436 g/mol. The maximum Gasteiger partial charge on any atom is 0.255 e. The molecular formula is C23H21N3O4S. The van der Waals surface area contributed by atoms with Gasteiger partial charge in [-0.1, -0.05) is 25.1 Å². The summed E-state index contributed by atoms with van der Waals surface area (Å²) in [5.74, 6) is 0.193. The van der Waals surface area contributed by atoms with Crippen molar-refractivity contribution in [3.05, 3.63) is 89.5 Å². The number of rotatable bonds is 8. The standard InChI is InChI=1S/C23H21N3O4S/c1-2-25-31(28,29)22-11-9-19(10-12-22)23(27)26-20-7-4-8-21(14-20)30-16-18-6-3-5-17(13-18)15-24/h3-14,25H,2,16H2,1H3,(H,26,27). The molecule has 3 aromatic carbocycles.